The molecule has 0 bridgehead atoms. The molecule has 1 saturated heterocycles. The maximum absolute atomic E-state index is 15.6. The molecule has 0 N–H and O–H groups in total. The zero-order valence-corrected chi connectivity index (χ0v) is 17.7. The number of alkyl halides is 4. The van der Waals surface area contributed by atoms with Crippen LogP contribution in [0.25, 0.3) is 22.4 Å². The van der Waals surface area contributed by atoms with Gasteiger partial charge in [0.15, 0.2) is 11.5 Å². The molecule has 0 amide bonds. The van der Waals surface area contributed by atoms with Crippen LogP contribution in [0.5, 0.6) is 0 Å². The first-order valence-corrected chi connectivity index (χ1v) is 10.2. The molecule has 5 rings (SSSR count). The Bertz CT molecular complexity index is 1410. The van der Waals surface area contributed by atoms with E-state index in [-0.39, 0.29) is 47.7 Å². The van der Waals surface area contributed by atoms with E-state index in [0.29, 0.717) is 22.5 Å². The van der Waals surface area contributed by atoms with E-state index >= 15 is 4.39 Å². The molecule has 0 spiro atoms. The number of pyridine rings is 2. The standard InChI is InChI=1S/C20H16F4N10/c1-32-11-28-29-18(32)19(21)3-6-33(7-4-19)16-12(9-25)2-5-26-15(16)13-8-14-17(27-10-13)31-34(30-14)20(22,23)24/h2,5,8,10-11H,3-4,6-7H2,1H3. The first-order chi connectivity index (χ1) is 16.2. The zero-order valence-electron chi connectivity index (χ0n) is 17.7. The van der Waals surface area contributed by atoms with Crippen LogP contribution >= 0.6 is 0 Å². The van der Waals surface area contributed by atoms with Crippen molar-refractivity contribution >= 4 is 16.9 Å². The monoisotopic (exact) mass is 472 g/mol. The van der Waals surface area contributed by atoms with Crippen molar-refractivity contribution in [2.24, 2.45) is 7.05 Å². The molecule has 0 radical (unpaired) electrons. The Kier molecular flexibility index (Phi) is 4.92. The predicted octanol–water partition coefficient (Wildman–Crippen LogP) is 2.83. The summed E-state index contributed by atoms with van der Waals surface area (Å²) in [6.07, 6.45) is -0.370. The molecule has 10 nitrogen and oxygen atoms in total. The molecular formula is C20H16F4N10. The second-order valence-corrected chi connectivity index (χ2v) is 7.91. The summed E-state index contributed by atoms with van der Waals surface area (Å²) in [5.74, 6) is 0.237. The summed E-state index contributed by atoms with van der Waals surface area (Å²) in [5.41, 5.74) is -0.479. The van der Waals surface area contributed by atoms with Gasteiger partial charge in [-0.1, -0.05) is 4.80 Å². The average Bonchev–Trinajstić information content (AvgIpc) is 3.45. The van der Waals surface area contributed by atoms with E-state index in [1.54, 1.807) is 11.6 Å². The normalized spacial score (nSPS) is 16.1. The number of anilines is 1. The summed E-state index contributed by atoms with van der Waals surface area (Å²) in [6.45, 7) is 0.521. The van der Waals surface area contributed by atoms with Crippen LogP contribution in [0.15, 0.2) is 30.9 Å². The quantitative estimate of drug-likeness (QED) is 0.418. The van der Waals surface area contributed by atoms with Crippen molar-refractivity contribution < 1.29 is 17.6 Å². The van der Waals surface area contributed by atoms with E-state index in [1.165, 1.54) is 30.9 Å². The van der Waals surface area contributed by atoms with Crippen molar-refractivity contribution in [3.63, 3.8) is 0 Å². The maximum atomic E-state index is 15.6. The third-order valence-corrected chi connectivity index (χ3v) is 5.77. The van der Waals surface area contributed by atoms with Gasteiger partial charge in [-0.3, -0.25) is 4.98 Å². The first-order valence-electron chi connectivity index (χ1n) is 10.2. The van der Waals surface area contributed by atoms with E-state index in [2.05, 4.69) is 36.4 Å². The fourth-order valence-corrected chi connectivity index (χ4v) is 4.13. The lowest BCUT2D eigenvalue weighted by atomic mass is 9.91. The topological polar surface area (TPSA) is 114 Å². The Balaban J connectivity index is 1.52. The van der Waals surface area contributed by atoms with Crippen LogP contribution in [-0.4, -0.2) is 52.8 Å². The van der Waals surface area contributed by atoms with Crippen molar-refractivity contribution in [1.29, 1.82) is 5.26 Å². The first kappa shape index (κ1) is 21.7. The fraction of sp³-hybridized carbons (Fsp3) is 0.350. The Morgan fingerprint density at radius 2 is 1.91 bits per heavy atom. The number of nitriles is 1. The van der Waals surface area contributed by atoms with Gasteiger partial charge in [0, 0.05) is 50.9 Å². The lowest BCUT2D eigenvalue weighted by Gasteiger charge is -2.37. The van der Waals surface area contributed by atoms with Gasteiger partial charge in [0.05, 0.1) is 16.9 Å². The highest BCUT2D eigenvalue weighted by molar-refractivity contribution is 5.84. The zero-order chi connectivity index (χ0) is 24.1. The molecule has 1 aliphatic rings. The molecule has 1 fully saturated rings. The van der Waals surface area contributed by atoms with Gasteiger partial charge in [0.25, 0.3) is 0 Å². The molecular weight excluding hydrogens is 456 g/mol. The number of aromatic nitrogens is 8. The number of aryl methyl sites for hydroxylation is 1. The van der Waals surface area contributed by atoms with Crippen LogP contribution in [0.4, 0.5) is 23.2 Å². The van der Waals surface area contributed by atoms with Crippen LogP contribution in [0.1, 0.15) is 24.2 Å². The van der Waals surface area contributed by atoms with Gasteiger partial charge in [-0.25, -0.2) is 9.37 Å². The van der Waals surface area contributed by atoms with Gasteiger partial charge in [0.1, 0.15) is 17.9 Å². The number of hydrogen-bond donors (Lipinski definition) is 0. The fourth-order valence-electron chi connectivity index (χ4n) is 4.13. The molecule has 5 heterocycles. The van der Waals surface area contributed by atoms with Crippen molar-refractivity contribution in [2.75, 3.05) is 18.0 Å². The molecule has 0 aliphatic carbocycles. The summed E-state index contributed by atoms with van der Waals surface area (Å²) in [7, 11) is 1.67. The number of hydrogen-bond acceptors (Lipinski definition) is 8. The third-order valence-electron chi connectivity index (χ3n) is 5.77. The van der Waals surface area contributed by atoms with Crippen molar-refractivity contribution in [3.8, 4) is 17.3 Å². The molecule has 0 atom stereocenters. The van der Waals surface area contributed by atoms with Crippen LogP contribution in [-0.2, 0) is 19.0 Å². The summed E-state index contributed by atoms with van der Waals surface area (Å²) in [6, 6.07) is 5.03. The van der Waals surface area contributed by atoms with Gasteiger partial charge < -0.3 is 9.47 Å². The van der Waals surface area contributed by atoms with E-state index in [1.807, 2.05) is 4.90 Å². The second-order valence-electron chi connectivity index (χ2n) is 7.91. The highest BCUT2D eigenvalue weighted by atomic mass is 19.4. The molecule has 0 unspecified atom stereocenters. The van der Waals surface area contributed by atoms with Gasteiger partial charge in [-0.15, -0.1) is 33.6 Å². The third kappa shape index (κ3) is 3.58. The van der Waals surface area contributed by atoms with Crippen LogP contribution < -0.4 is 4.90 Å². The number of rotatable bonds is 3. The van der Waals surface area contributed by atoms with Crippen molar-refractivity contribution in [1.82, 2.24) is 39.7 Å². The van der Waals surface area contributed by atoms with E-state index in [0.717, 1.165) is 0 Å². The minimum atomic E-state index is -4.78. The minimum absolute atomic E-state index is 0.0753. The summed E-state index contributed by atoms with van der Waals surface area (Å²) >= 11 is 0. The number of halogens is 4. The van der Waals surface area contributed by atoms with Gasteiger partial charge in [-0.2, -0.15) is 5.26 Å². The van der Waals surface area contributed by atoms with Crippen LogP contribution in [0.3, 0.4) is 0 Å². The summed E-state index contributed by atoms with van der Waals surface area (Å²) in [4.78, 5) is 9.84. The summed E-state index contributed by atoms with van der Waals surface area (Å²) < 4.78 is 56.0. The number of fused-ring (bicyclic) bond motifs is 1. The van der Waals surface area contributed by atoms with Crippen molar-refractivity contribution in [2.45, 2.75) is 24.8 Å². The van der Waals surface area contributed by atoms with Crippen LogP contribution in [0, 0.1) is 11.3 Å². The van der Waals surface area contributed by atoms with Gasteiger partial charge >= 0.3 is 6.30 Å². The average molecular weight is 472 g/mol. The van der Waals surface area contributed by atoms with Gasteiger partial charge in [-0.05, 0) is 12.1 Å². The van der Waals surface area contributed by atoms with Crippen LogP contribution in [0.2, 0.25) is 0 Å². The van der Waals surface area contributed by atoms with E-state index < -0.39 is 12.0 Å². The lowest BCUT2D eigenvalue weighted by Crippen LogP contribution is -2.42. The largest absolute Gasteiger partial charge is 0.521 e. The number of nitrogens with zero attached hydrogens (tertiary/aromatic N) is 10. The molecule has 4 aromatic heterocycles. The molecule has 0 aromatic carbocycles. The highest BCUT2D eigenvalue weighted by Gasteiger charge is 2.41. The molecule has 14 heteroatoms. The lowest BCUT2D eigenvalue weighted by molar-refractivity contribution is -0.220. The van der Waals surface area contributed by atoms with Gasteiger partial charge in [0.2, 0.25) is 5.65 Å². The van der Waals surface area contributed by atoms with E-state index in [9.17, 15) is 18.4 Å². The minimum Gasteiger partial charge on any atom is -0.368 e. The SMILES string of the molecule is Cn1cnnc1C1(F)CCN(c2c(C#N)ccnc2-c2cnc3nn(C(F)(F)F)nc3c2)CC1. The maximum Gasteiger partial charge on any atom is 0.521 e. The second kappa shape index (κ2) is 7.72. The molecule has 174 valence electrons. The molecule has 0 saturated carbocycles. The van der Waals surface area contributed by atoms with E-state index in [4.69, 9.17) is 0 Å². The highest BCUT2D eigenvalue weighted by Crippen LogP contribution is 2.40. The van der Waals surface area contributed by atoms with Crippen molar-refractivity contribution in [3.05, 3.63) is 42.2 Å². The Labute approximate surface area is 189 Å². The smallest absolute Gasteiger partial charge is 0.368 e. The molecule has 1 aliphatic heterocycles. The molecule has 34 heavy (non-hydrogen) atoms. The Morgan fingerprint density at radius 1 is 1.15 bits per heavy atom. The Morgan fingerprint density at radius 3 is 2.56 bits per heavy atom. The summed E-state index contributed by atoms with van der Waals surface area (Å²) in [5, 5.41) is 24.2. The number of piperidine rings is 1. The molecule has 4 aromatic rings. The predicted molar refractivity (Wildman–Crippen MR) is 110 cm³/mol. The Hall–Kier alpha value is -4.15.